The summed E-state index contributed by atoms with van der Waals surface area (Å²) in [5, 5.41) is 8.58. The lowest BCUT2D eigenvalue weighted by Crippen LogP contribution is -2.41. The smallest absolute Gasteiger partial charge is 0.283 e. The Morgan fingerprint density at radius 3 is 2.70 bits per heavy atom. The van der Waals surface area contributed by atoms with E-state index in [1.807, 2.05) is 0 Å². The molecule has 1 amide bonds. The minimum atomic E-state index is -4.16. The van der Waals surface area contributed by atoms with E-state index in [0.717, 1.165) is 38.6 Å². The van der Waals surface area contributed by atoms with Gasteiger partial charge < -0.3 is 9.64 Å². The number of carbonyl (C=O) groups is 1. The number of amides is 1. The fourth-order valence-electron chi connectivity index (χ4n) is 5.83. The van der Waals surface area contributed by atoms with Crippen molar-refractivity contribution in [2.75, 3.05) is 18.1 Å². The fraction of sp³-hybridized carbons (Fsp3) is 0.571. The highest BCUT2D eigenvalue weighted by molar-refractivity contribution is 7.90. The summed E-state index contributed by atoms with van der Waals surface area (Å²) in [6, 6.07) is 6.53. The van der Waals surface area contributed by atoms with Gasteiger partial charge in [0.15, 0.2) is 10.8 Å². The number of hydrogen-bond donors (Lipinski definition) is 1. The average Bonchev–Trinajstić information content (AvgIpc) is 3.26. The molecule has 1 saturated heterocycles. The fourth-order valence-corrected chi connectivity index (χ4v) is 6.74. The molecule has 1 N–H and O–H groups in total. The van der Waals surface area contributed by atoms with Crippen LogP contribution in [0.15, 0.2) is 41.7 Å². The Kier molecular flexibility index (Phi) is 6.63. The molecule has 1 unspecified atom stereocenters. The van der Waals surface area contributed by atoms with Crippen molar-refractivity contribution in [3.63, 3.8) is 0 Å². The van der Waals surface area contributed by atoms with Crippen molar-refractivity contribution in [1.29, 1.82) is 0 Å². The number of nitrogens with one attached hydrogen (secondary N) is 1. The molecule has 1 saturated carbocycles. The molecule has 214 valence electrons. The maximum atomic E-state index is 13.5. The van der Waals surface area contributed by atoms with E-state index in [1.165, 1.54) is 18.9 Å². The molecule has 1 atom stereocenters. The van der Waals surface area contributed by atoms with Crippen LogP contribution in [0.1, 0.15) is 76.1 Å². The number of anilines is 1. The van der Waals surface area contributed by atoms with E-state index < -0.39 is 15.9 Å². The van der Waals surface area contributed by atoms with Crippen LogP contribution in [0.5, 0.6) is 5.88 Å². The summed E-state index contributed by atoms with van der Waals surface area (Å²) in [6.45, 7) is 8.54. The number of hydrogen-bond acceptors (Lipinski definition) is 8. The van der Waals surface area contributed by atoms with Gasteiger partial charge in [-0.15, -0.1) is 5.10 Å². The topological polar surface area (TPSA) is 124 Å². The second-order valence-electron chi connectivity index (χ2n) is 12.4. The van der Waals surface area contributed by atoms with Crippen LogP contribution in [0.4, 0.5) is 5.82 Å². The minimum absolute atomic E-state index is 0.177. The van der Waals surface area contributed by atoms with E-state index in [2.05, 4.69) is 40.6 Å². The molecule has 3 aliphatic rings. The van der Waals surface area contributed by atoms with Crippen LogP contribution < -0.4 is 14.4 Å². The molecule has 6 rings (SSSR count). The van der Waals surface area contributed by atoms with Crippen LogP contribution in [-0.4, -0.2) is 57.6 Å². The van der Waals surface area contributed by atoms with Gasteiger partial charge in [-0.25, -0.2) is 14.4 Å². The minimum Gasteiger partial charge on any atom is -0.477 e. The molecule has 11 nitrogen and oxygen atoms in total. The number of rotatable bonds is 5. The molecule has 0 radical (unpaired) electrons. The lowest BCUT2D eigenvalue weighted by molar-refractivity contribution is 0.0981. The maximum absolute atomic E-state index is 13.5. The van der Waals surface area contributed by atoms with Crippen molar-refractivity contribution < 1.29 is 17.9 Å². The van der Waals surface area contributed by atoms with Crippen LogP contribution in [-0.2, 0) is 16.6 Å². The summed E-state index contributed by atoms with van der Waals surface area (Å²) >= 11 is 0. The van der Waals surface area contributed by atoms with E-state index in [-0.39, 0.29) is 16.1 Å². The van der Waals surface area contributed by atoms with E-state index in [9.17, 15) is 13.2 Å². The summed E-state index contributed by atoms with van der Waals surface area (Å²) in [7, 11) is -4.16. The Hall–Kier alpha value is -3.41. The number of aryl methyl sites for hydroxylation is 1. The Morgan fingerprint density at radius 1 is 1.07 bits per heavy atom. The van der Waals surface area contributed by atoms with Gasteiger partial charge in [0.2, 0.25) is 5.88 Å². The van der Waals surface area contributed by atoms with Gasteiger partial charge in [-0.05, 0) is 81.9 Å². The summed E-state index contributed by atoms with van der Waals surface area (Å²) in [4.78, 5) is 20.5. The van der Waals surface area contributed by atoms with Crippen molar-refractivity contribution in [3.8, 4) is 11.7 Å². The van der Waals surface area contributed by atoms with Gasteiger partial charge in [0.1, 0.15) is 5.82 Å². The molecule has 12 heteroatoms. The molecular weight excluding hydrogens is 530 g/mol. The van der Waals surface area contributed by atoms with Gasteiger partial charge >= 0.3 is 0 Å². The Bertz CT molecular complexity index is 1520. The van der Waals surface area contributed by atoms with E-state index >= 15 is 0 Å². The number of ether oxygens (including phenoxy) is 1. The second kappa shape index (κ2) is 9.90. The number of aromatic nitrogens is 5. The number of fused-ring (bicyclic) bond motifs is 6. The zero-order chi connectivity index (χ0) is 28.1. The quantitative estimate of drug-likeness (QED) is 0.492. The molecular formula is C28H37N7O4S. The van der Waals surface area contributed by atoms with E-state index in [0.29, 0.717) is 42.0 Å². The number of carbonyl (C=O) groups excluding carboxylic acids is 1. The molecule has 2 fully saturated rings. The molecule has 0 spiro atoms. The standard InChI is InChI=1S/C28H37N7O4S/c1-27(2)18-20-6-4-5-14-33-15-10-24(31-33)40(37,38)32-26(36)21-7-8-22(29-25(21)34(27)19-20)35-16-9-23(30-35)39-17-13-28(3)11-12-28/h7-10,15-16,20H,4-6,11-14,17-19H2,1-3H3,(H,32,36). The molecule has 1 aliphatic carbocycles. The van der Waals surface area contributed by atoms with Crippen LogP contribution in [0.3, 0.4) is 0 Å². The first-order valence-corrected chi connectivity index (χ1v) is 15.6. The number of nitrogens with zero attached hydrogens (tertiary/aromatic N) is 6. The van der Waals surface area contributed by atoms with E-state index in [4.69, 9.17) is 9.72 Å². The Labute approximate surface area is 235 Å². The Morgan fingerprint density at radius 2 is 1.90 bits per heavy atom. The highest BCUT2D eigenvalue weighted by Crippen LogP contribution is 2.48. The maximum Gasteiger partial charge on any atom is 0.283 e. The SMILES string of the molecule is CC1(CCOc2ccn(-c3ccc4c(n3)N3CC(CCCCn5ccc(n5)S(=O)(=O)NC4=O)CC3(C)C)n2)CC1. The van der Waals surface area contributed by atoms with Crippen molar-refractivity contribution >= 4 is 21.7 Å². The molecule has 40 heavy (non-hydrogen) atoms. The van der Waals surface area contributed by atoms with Crippen molar-refractivity contribution in [3.05, 3.63) is 42.2 Å². The Balaban J connectivity index is 1.33. The van der Waals surface area contributed by atoms with Gasteiger partial charge in [-0.1, -0.05) is 13.3 Å². The van der Waals surface area contributed by atoms with Gasteiger partial charge in [-0.2, -0.15) is 13.5 Å². The average molecular weight is 568 g/mol. The monoisotopic (exact) mass is 567 g/mol. The van der Waals surface area contributed by atoms with Crippen molar-refractivity contribution in [1.82, 2.24) is 29.3 Å². The van der Waals surface area contributed by atoms with Crippen molar-refractivity contribution in [2.24, 2.45) is 11.3 Å². The van der Waals surface area contributed by atoms with Crippen molar-refractivity contribution in [2.45, 2.75) is 82.8 Å². The van der Waals surface area contributed by atoms with Gasteiger partial charge in [0, 0.05) is 37.1 Å². The summed E-state index contributed by atoms with van der Waals surface area (Å²) in [5.41, 5.74) is 0.324. The zero-order valence-corrected chi connectivity index (χ0v) is 24.2. The van der Waals surface area contributed by atoms with Gasteiger partial charge in [0.25, 0.3) is 15.9 Å². The lowest BCUT2D eigenvalue weighted by Gasteiger charge is -2.34. The lowest BCUT2D eigenvalue weighted by atomic mass is 9.93. The molecule has 3 aromatic rings. The third kappa shape index (κ3) is 5.45. The van der Waals surface area contributed by atoms with Gasteiger partial charge in [0.05, 0.1) is 12.2 Å². The first kappa shape index (κ1) is 26.8. The van der Waals surface area contributed by atoms with Crippen LogP contribution >= 0.6 is 0 Å². The molecule has 4 bridgehead atoms. The highest BCUT2D eigenvalue weighted by atomic mass is 32.2. The summed E-state index contributed by atoms with van der Waals surface area (Å²) in [5.74, 6) is 1.17. The first-order valence-electron chi connectivity index (χ1n) is 14.1. The molecule has 3 aromatic heterocycles. The van der Waals surface area contributed by atoms with Crippen LogP contribution in [0.25, 0.3) is 5.82 Å². The largest absolute Gasteiger partial charge is 0.477 e. The molecule has 2 aliphatic heterocycles. The number of sulfonamides is 1. The molecule has 5 heterocycles. The van der Waals surface area contributed by atoms with Gasteiger partial charge in [-0.3, -0.25) is 9.48 Å². The van der Waals surface area contributed by atoms with Crippen LogP contribution in [0.2, 0.25) is 0 Å². The number of pyridine rings is 1. The zero-order valence-electron chi connectivity index (χ0n) is 23.3. The van der Waals surface area contributed by atoms with Crippen LogP contribution in [0, 0.1) is 11.3 Å². The molecule has 0 aromatic carbocycles. The predicted molar refractivity (Wildman–Crippen MR) is 149 cm³/mol. The highest BCUT2D eigenvalue weighted by Gasteiger charge is 2.41. The second-order valence-corrected chi connectivity index (χ2v) is 14.0. The summed E-state index contributed by atoms with van der Waals surface area (Å²) < 4.78 is 37.4. The third-order valence-electron chi connectivity index (χ3n) is 8.55. The summed E-state index contributed by atoms with van der Waals surface area (Å²) in [6.07, 6.45) is 10.8. The normalized spacial score (nSPS) is 23.0. The first-order chi connectivity index (χ1) is 19.0. The third-order valence-corrected chi connectivity index (χ3v) is 9.77. The predicted octanol–water partition coefficient (Wildman–Crippen LogP) is 3.94. The van der Waals surface area contributed by atoms with E-state index in [1.54, 1.807) is 40.0 Å².